The van der Waals surface area contributed by atoms with Crippen molar-refractivity contribution in [2.75, 3.05) is 25.0 Å². The third-order valence-electron chi connectivity index (χ3n) is 8.29. The first-order chi connectivity index (χ1) is 18.6. The number of aliphatic hydroxyl groups is 1. The minimum Gasteiger partial charge on any atom is -0.378 e. The topological polar surface area (TPSA) is 90.0 Å². The zero-order chi connectivity index (χ0) is 27.9. The predicted molar refractivity (Wildman–Crippen MR) is 154 cm³/mol. The van der Waals surface area contributed by atoms with Crippen LogP contribution in [0.15, 0.2) is 65.6 Å². The van der Waals surface area contributed by atoms with Gasteiger partial charge in [0.05, 0.1) is 4.90 Å². The smallest absolute Gasteiger partial charge is 0.243 e. The Hall–Kier alpha value is -3.04. The maximum atomic E-state index is 13.8. The van der Waals surface area contributed by atoms with Gasteiger partial charge in [0.15, 0.2) is 0 Å². The summed E-state index contributed by atoms with van der Waals surface area (Å²) in [6, 6.07) is 19.4. The Labute approximate surface area is 231 Å². The van der Waals surface area contributed by atoms with E-state index in [1.807, 2.05) is 4.90 Å². The molecule has 0 saturated carbocycles. The normalized spacial score (nSPS) is 22.3. The minimum absolute atomic E-state index is 0.111. The fourth-order valence-electron chi connectivity index (χ4n) is 6.03. The molecule has 3 aromatic rings. The molecule has 2 fully saturated rings. The maximum Gasteiger partial charge on any atom is 0.243 e. The fourth-order valence-corrected chi connectivity index (χ4v) is 7.73. The second-order valence-corrected chi connectivity index (χ2v) is 12.8. The van der Waals surface area contributed by atoms with Crippen molar-refractivity contribution >= 4 is 21.6 Å². The molecule has 1 amide bonds. The van der Waals surface area contributed by atoms with Gasteiger partial charge in [0.1, 0.15) is 6.23 Å². The first-order valence-corrected chi connectivity index (χ1v) is 15.0. The zero-order valence-electron chi connectivity index (χ0n) is 23.0. The highest BCUT2D eigenvalue weighted by Gasteiger charge is 2.50. The number of nitrogens with zero attached hydrogens (tertiary/aromatic N) is 2. The van der Waals surface area contributed by atoms with E-state index in [1.54, 1.807) is 29.4 Å². The van der Waals surface area contributed by atoms with Gasteiger partial charge in [-0.2, -0.15) is 4.31 Å². The standard InChI is InChI=1S/C31H37N3O4S/c1-20-8-7-9-27(22(20)3)24-10-12-25(13-11-24)30-28-19-33(16-5-6-17-34(28)31(30)36)39(37,38)29-15-14-26(18-21(29)2)32-23(4)35/h7-15,18,28,30-31,36H,5-6,16-17,19H2,1-4H3,(H,32,35)/t28-,30-,31+/m0/s1. The zero-order valence-corrected chi connectivity index (χ0v) is 23.8. The molecule has 2 N–H and O–H groups in total. The molecule has 206 valence electrons. The molecule has 8 heteroatoms. The number of aryl methyl sites for hydroxylation is 2. The van der Waals surface area contributed by atoms with Gasteiger partial charge in [-0.15, -0.1) is 0 Å². The van der Waals surface area contributed by atoms with Crippen LogP contribution in [0.3, 0.4) is 0 Å². The van der Waals surface area contributed by atoms with Crippen LogP contribution in [-0.2, 0) is 14.8 Å². The number of hydrogen-bond acceptors (Lipinski definition) is 5. The number of rotatable bonds is 5. The summed E-state index contributed by atoms with van der Waals surface area (Å²) in [5.74, 6) is -0.373. The molecule has 0 aliphatic carbocycles. The van der Waals surface area contributed by atoms with Crippen LogP contribution in [0.2, 0.25) is 0 Å². The molecule has 0 radical (unpaired) electrons. The Morgan fingerprint density at radius 1 is 0.949 bits per heavy atom. The molecule has 2 saturated heterocycles. The SMILES string of the molecule is CC(=O)Nc1ccc(S(=O)(=O)N2CCCCN3[C@H](O)[C@@H](c4ccc(-c5cccc(C)c5C)cc4)[C@@H]3C2)c(C)c1. The molecule has 0 spiro atoms. The Morgan fingerprint density at radius 3 is 2.36 bits per heavy atom. The summed E-state index contributed by atoms with van der Waals surface area (Å²) >= 11 is 0. The van der Waals surface area contributed by atoms with Gasteiger partial charge in [-0.3, -0.25) is 9.69 Å². The molecule has 3 atom stereocenters. The third-order valence-corrected chi connectivity index (χ3v) is 10.3. The summed E-state index contributed by atoms with van der Waals surface area (Å²) in [5.41, 5.74) is 7.01. The number of nitrogens with one attached hydrogen (secondary N) is 1. The molecule has 39 heavy (non-hydrogen) atoms. The van der Waals surface area contributed by atoms with E-state index in [0.29, 0.717) is 24.3 Å². The number of carbonyl (C=O) groups excluding carboxylic acids is 1. The lowest BCUT2D eigenvalue weighted by Gasteiger charge is -2.55. The van der Waals surface area contributed by atoms with Gasteiger partial charge < -0.3 is 10.4 Å². The highest BCUT2D eigenvalue weighted by atomic mass is 32.2. The van der Waals surface area contributed by atoms with Crippen molar-refractivity contribution in [2.45, 2.75) is 63.6 Å². The molecule has 3 aromatic carbocycles. The number of benzene rings is 3. The van der Waals surface area contributed by atoms with Crippen molar-refractivity contribution < 1.29 is 18.3 Å². The lowest BCUT2D eigenvalue weighted by atomic mass is 9.79. The first-order valence-electron chi connectivity index (χ1n) is 13.6. The van der Waals surface area contributed by atoms with Crippen molar-refractivity contribution in [2.24, 2.45) is 0 Å². The van der Waals surface area contributed by atoms with Crippen LogP contribution in [0, 0.1) is 20.8 Å². The monoisotopic (exact) mass is 547 g/mol. The van der Waals surface area contributed by atoms with Gasteiger partial charge in [-0.1, -0.05) is 42.5 Å². The average Bonchev–Trinajstić information content (AvgIpc) is 2.87. The van der Waals surface area contributed by atoms with Crippen LogP contribution in [-0.4, -0.2) is 60.5 Å². The van der Waals surface area contributed by atoms with Crippen LogP contribution in [0.25, 0.3) is 11.1 Å². The molecule has 0 aromatic heterocycles. The van der Waals surface area contributed by atoms with E-state index >= 15 is 0 Å². The average molecular weight is 548 g/mol. The number of fused-ring (bicyclic) bond motifs is 1. The largest absolute Gasteiger partial charge is 0.378 e. The highest BCUT2D eigenvalue weighted by Crippen LogP contribution is 2.42. The van der Waals surface area contributed by atoms with E-state index in [4.69, 9.17) is 0 Å². The van der Waals surface area contributed by atoms with E-state index in [0.717, 1.165) is 30.5 Å². The van der Waals surface area contributed by atoms with Gasteiger partial charge in [-0.05, 0) is 85.2 Å². The van der Waals surface area contributed by atoms with E-state index in [1.165, 1.54) is 23.6 Å². The number of carbonyl (C=O) groups is 1. The van der Waals surface area contributed by atoms with E-state index in [9.17, 15) is 18.3 Å². The van der Waals surface area contributed by atoms with Crippen molar-refractivity contribution in [1.29, 1.82) is 0 Å². The van der Waals surface area contributed by atoms with Crippen molar-refractivity contribution in [1.82, 2.24) is 9.21 Å². The third kappa shape index (κ3) is 5.26. The summed E-state index contributed by atoms with van der Waals surface area (Å²) in [6.07, 6.45) is 0.911. The second kappa shape index (κ2) is 10.8. The quantitative estimate of drug-likeness (QED) is 0.479. The van der Waals surface area contributed by atoms with Gasteiger partial charge >= 0.3 is 0 Å². The molecule has 5 rings (SSSR count). The van der Waals surface area contributed by atoms with Gasteiger partial charge in [0.2, 0.25) is 15.9 Å². The fraction of sp³-hybridized carbons (Fsp3) is 0.387. The van der Waals surface area contributed by atoms with Gasteiger partial charge in [0.25, 0.3) is 0 Å². The van der Waals surface area contributed by atoms with E-state index in [2.05, 4.69) is 61.6 Å². The van der Waals surface area contributed by atoms with E-state index in [-0.39, 0.29) is 22.8 Å². The summed E-state index contributed by atoms with van der Waals surface area (Å²) in [6.45, 7) is 8.92. The van der Waals surface area contributed by atoms with Crippen LogP contribution >= 0.6 is 0 Å². The van der Waals surface area contributed by atoms with Crippen LogP contribution in [0.1, 0.15) is 47.9 Å². The molecular weight excluding hydrogens is 510 g/mol. The molecule has 0 bridgehead atoms. The summed E-state index contributed by atoms with van der Waals surface area (Å²) in [5, 5.41) is 13.8. The lowest BCUT2D eigenvalue weighted by Crippen LogP contribution is -2.66. The summed E-state index contributed by atoms with van der Waals surface area (Å²) in [7, 11) is -3.76. The Balaban J connectivity index is 1.40. The van der Waals surface area contributed by atoms with E-state index < -0.39 is 16.3 Å². The second-order valence-electron chi connectivity index (χ2n) is 10.8. The number of aliphatic hydroxyl groups excluding tert-OH is 1. The number of anilines is 1. The van der Waals surface area contributed by atoms with Gasteiger partial charge in [-0.25, -0.2) is 8.42 Å². The highest BCUT2D eigenvalue weighted by molar-refractivity contribution is 7.89. The summed E-state index contributed by atoms with van der Waals surface area (Å²) in [4.78, 5) is 13.7. The van der Waals surface area contributed by atoms with Crippen molar-refractivity contribution in [3.63, 3.8) is 0 Å². The molecule has 7 nitrogen and oxygen atoms in total. The predicted octanol–water partition coefficient (Wildman–Crippen LogP) is 4.81. The van der Waals surface area contributed by atoms with Crippen LogP contribution < -0.4 is 5.32 Å². The Morgan fingerprint density at radius 2 is 1.67 bits per heavy atom. The Bertz CT molecular complexity index is 1490. The first kappa shape index (κ1) is 27.5. The van der Waals surface area contributed by atoms with Gasteiger partial charge in [0, 0.05) is 44.2 Å². The molecule has 2 aliphatic rings. The van der Waals surface area contributed by atoms with Crippen molar-refractivity contribution in [3.05, 3.63) is 82.9 Å². The molecular formula is C31H37N3O4S. The summed E-state index contributed by atoms with van der Waals surface area (Å²) < 4.78 is 29.2. The number of sulfonamides is 1. The number of amides is 1. The minimum atomic E-state index is -3.76. The molecule has 0 unspecified atom stereocenters. The van der Waals surface area contributed by atoms with Crippen LogP contribution in [0.4, 0.5) is 5.69 Å². The maximum absolute atomic E-state index is 13.8. The van der Waals surface area contributed by atoms with Crippen molar-refractivity contribution in [3.8, 4) is 11.1 Å². The van der Waals surface area contributed by atoms with Crippen LogP contribution in [0.5, 0.6) is 0 Å². The number of hydrogen-bond donors (Lipinski definition) is 2. The molecule has 2 aliphatic heterocycles. The molecule has 2 heterocycles. The lowest BCUT2D eigenvalue weighted by molar-refractivity contribution is -0.148. The Kier molecular flexibility index (Phi) is 7.66.